The topological polar surface area (TPSA) is 66.8 Å². The molecule has 6 heteroatoms. The third kappa shape index (κ3) is 2.81. The molecule has 1 aliphatic rings. The highest BCUT2D eigenvalue weighted by Gasteiger charge is 2.17. The summed E-state index contributed by atoms with van der Waals surface area (Å²) in [4.78, 5) is 22.0. The zero-order valence-corrected chi connectivity index (χ0v) is 14.9. The fraction of sp³-hybridized carbons (Fsp3) is 0.421. The lowest BCUT2D eigenvalue weighted by molar-refractivity contribution is 0.848. The van der Waals surface area contributed by atoms with Crippen LogP contribution in [0.25, 0.3) is 16.7 Å². The molecule has 1 aromatic carbocycles. The second-order valence-corrected chi connectivity index (χ2v) is 7.10. The van der Waals surface area contributed by atoms with Gasteiger partial charge < -0.3 is 4.90 Å². The molecule has 2 aromatic heterocycles. The Morgan fingerprint density at radius 3 is 2.64 bits per heavy atom. The normalized spacial score (nSPS) is 14.8. The summed E-state index contributed by atoms with van der Waals surface area (Å²) in [6.45, 7) is 8.30. The number of hydrogen-bond donors (Lipinski definition) is 1. The molecule has 0 spiro atoms. The largest absolute Gasteiger partial charge is 0.342 e. The molecule has 130 valence electrons. The lowest BCUT2D eigenvalue weighted by atomic mass is 10.0. The number of aromatic amines is 1. The van der Waals surface area contributed by atoms with Crippen molar-refractivity contribution < 1.29 is 0 Å². The smallest absolute Gasteiger partial charge is 0.263 e. The van der Waals surface area contributed by atoms with E-state index in [4.69, 9.17) is 0 Å². The number of fused-ring (bicyclic) bond motifs is 1. The predicted octanol–water partition coefficient (Wildman–Crippen LogP) is 3.14. The Kier molecular flexibility index (Phi) is 3.82. The molecule has 1 aliphatic heterocycles. The molecule has 1 fully saturated rings. The van der Waals surface area contributed by atoms with Gasteiger partial charge in [-0.3, -0.25) is 9.78 Å². The Labute approximate surface area is 146 Å². The minimum absolute atomic E-state index is 0.130. The van der Waals surface area contributed by atoms with Gasteiger partial charge in [-0.15, -0.1) is 5.10 Å². The molecule has 6 nitrogen and oxygen atoms in total. The van der Waals surface area contributed by atoms with Gasteiger partial charge in [0.2, 0.25) is 5.95 Å². The first-order valence-corrected chi connectivity index (χ1v) is 8.88. The Morgan fingerprint density at radius 1 is 1.20 bits per heavy atom. The Morgan fingerprint density at radius 2 is 1.96 bits per heavy atom. The zero-order valence-electron chi connectivity index (χ0n) is 14.9. The van der Waals surface area contributed by atoms with E-state index in [1.54, 1.807) is 10.9 Å². The van der Waals surface area contributed by atoms with Crippen LogP contribution in [-0.4, -0.2) is 32.8 Å². The Bertz CT molecular complexity index is 979. The van der Waals surface area contributed by atoms with Crippen molar-refractivity contribution in [3.63, 3.8) is 0 Å². The van der Waals surface area contributed by atoms with Gasteiger partial charge in [-0.1, -0.05) is 26.0 Å². The molecule has 0 aliphatic carbocycles. The fourth-order valence-corrected chi connectivity index (χ4v) is 3.40. The maximum absolute atomic E-state index is 12.5. The summed E-state index contributed by atoms with van der Waals surface area (Å²) in [6.07, 6.45) is 4.04. The van der Waals surface area contributed by atoms with E-state index < -0.39 is 0 Å². The number of aryl methyl sites for hydroxylation is 1. The van der Waals surface area contributed by atoms with Crippen LogP contribution in [0.15, 0.2) is 29.2 Å². The van der Waals surface area contributed by atoms with Gasteiger partial charge >= 0.3 is 0 Å². The average Bonchev–Trinajstić information content (AvgIpc) is 3.24. The maximum Gasteiger partial charge on any atom is 0.263 e. The summed E-state index contributed by atoms with van der Waals surface area (Å²) in [5, 5.41) is 5.09. The van der Waals surface area contributed by atoms with Crippen molar-refractivity contribution in [1.29, 1.82) is 0 Å². The van der Waals surface area contributed by atoms with Crippen molar-refractivity contribution in [2.24, 2.45) is 0 Å². The average molecular weight is 337 g/mol. The van der Waals surface area contributed by atoms with Crippen molar-refractivity contribution in [2.75, 3.05) is 18.0 Å². The third-order valence-corrected chi connectivity index (χ3v) is 4.92. The summed E-state index contributed by atoms with van der Waals surface area (Å²) < 4.78 is 1.76. The van der Waals surface area contributed by atoms with E-state index in [1.807, 2.05) is 0 Å². The number of aromatic nitrogens is 4. The lowest BCUT2D eigenvalue weighted by Gasteiger charge is -2.14. The van der Waals surface area contributed by atoms with Crippen LogP contribution < -0.4 is 10.5 Å². The summed E-state index contributed by atoms with van der Waals surface area (Å²) in [7, 11) is 0. The van der Waals surface area contributed by atoms with E-state index in [1.165, 1.54) is 5.56 Å². The molecule has 0 bridgehead atoms. The molecule has 4 rings (SSSR count). The van der Waals surface area contributed by atoms with Crippen LogP contribution in [0, 0.1) is 6.92 Å². The molecule has 25 heavy (non-hydrogen) atoms. The fourth-order valence-electron chi connectivity index (χ4n) is 3.40. The molecule has 1 N–H and O–H groups in total. The van der Waals surface area contributed by atoms with Crippen molar-refractivity contribution in [1.82, 2.24) is 19.7 Å². The van der Waals surface area contributed by atoms with Gasteiger partial charge in [0.05, 0.1) is 5.69 Å². The predicted molar refractivity (Wildman–Crippen MR) is 99.8 cm³/mol. The number of nitrogens with zero attached hydrogens (tertiary/aromatic N) is 4. The van der Waals surface area contributed by atoms with Gasteiger partial charge in [-0.25, -0.2) is 4.68 Å². The van der Waals surface area contributed by atoms with Gasteiger partial charge in [0.1, 0.15) is 5.39 Å². The van der Waals surface area contributed by atoms with Crippen molar-refractivity contribution in [3.05, 3.63) is 45.9 Å². The van der Waals surface area contributed by atoms with E-state index in [0.29, 0.717) is 22.9 Å². The maximum atomic E-state index is 12.5. The van der Waals surface area contributed by atoms with E-state index in [0.717, 1.165) is 37.2 Å². The molecule has 0 atom stereocenters. The second kappa shape index (κ2) is 6.02. The first kappa shape index (κ1) is 15.9. The number of hydrogen-bond acceptors (Lipinski definition) is 4. The highest BCUT2D eigenvalue weighted by molar-refractivity contribution is 5.74. The van der Waals surface area contributed by atoms with E-state index in [2.05, 4.69) is 58.9 Å². The summed E-state index contributed by atoms with van der Waals surface area (Å²) >= 11 is 0. The summed E-state index contributed by atoms with van der Waals surface area (Å²) in [5.41, 5.74) is 3.78. The minimum Gasteiger partial charge on any atom is -0.342 e. The van der Waals surface area contributed by atoms with Crippen LogP contribution >= 0.6 is 0 Å². The highest BCUT2D eigenvalue weighted by atomic mass is 16.1. The van der Waals surface area contributed by atoms with Crippen molar-refractivity contribution in [3.8, 4) is 5.69 Å². The minimum atomic E-state index is -0.130. The lowest BCUT2D eigenvalue weighted by Crippen LogP contribution is -2.23. The SMILES string of the molecule is Cc1cc(C(C)C)ccc1-n1cc2c(=O)[nH]c(N3CCCC3)nc2n1. The first-order chi connectivity index (χ1) is 12.0. The molecule has 0 amide bonds. The van der Waals surface area contributed by atoms with Gasteiger partial charge in [0.15, 0.2) is 5.65 Å². The molecular formula is C19H23N5O. The quantitative estimate of drug-likeness (QED) is 0.797. The highest BCUT2D eigenvalue weighted by Crippen LogP contribution is 2.22. The molecule has 0 unspecified atom stereocenters. The number of nitrogens with one attached hydrogen (secondary N) is 1. The molecular weight excluding hydrogens is 314 g/mol. The Balaban J connectivity index is 1.79. The van der Waals surface area contributed by atoms with E-state index in [-0.39, 0.29) is 5.56 Å². The summed E-state index contributed by atoms with van der Waals surface area (Å²) in [5.74, 6) is 1.11. The van der Waals surface area contributed by atoms with Gasteiger partial charge in [0, 0.05) is 19.3 Å². The molecule has 0 radical (unpaired) electrons. The summed E-state index contributed by atoms with van der Waals surface area (Å²) in [6, 6.07) is 6.36. The zero-order chi connectivity index (χ0) is 17.6. The van der Waals surface area contributed by atoms with Crippen molar-refractivity contribution in [2.45, 2.75) is 39.5 Å². The number of benzene rings is 1. The number of rotatable bonds is 3. The molecule has 3 aromatic rings. The van der Waals surface area contributed by atoms with Crippen LogP contribution in [0.4, 0.5) is 5.95 Å². The van der Waals surface area contributed by atoms with E-state index in [9.17, 15) is 4.79 Å². The van der Waals surface area contributed by atoms with Gasteiger partial charge in [-0.2, -0.15) is 4.98 Å². The molecule has 3 heterocycles. The molecule has 0 saturated carbocycles. The van der Waals surface area contributed by atoms with Crippen LogP contribution in [0.5, 0.6) is 0 Å². The molecule has 1 saturated heterocycles. The van der Waals surface area contributed by atoms with Crippen LogP contribution in [0.2, 0.25) is 0 Å². The van der Waals surface area contributed by atoms with E-state index >= 15 is 0 Å². The number of anilines is 1. The van der Waals surface area contributed by atoms with Gasteiger partial charge in [-0.05, 0) is 42.9 Å². The van der Waals surface area contributed by atoms with Crippen LogP contribution in [0.3, 0.4) is 0 Å². The van der Waals surface area contributed by atoms with Crippen LogP contribution in [0.1, 0.15) is 43.7 Å². The third-order valence-electron chi connectivity index (χ3n) is 4.92. The second-order valence-electron chi connectivity index (χ2n) is 7.10. The van der Waals surface area contributed by atoms with Crippen molar-refractivity contribution >= 4 is 17.0 Å². The monoisotopic (exact) mass is 337 g/mol. The van der Waals surface area contributed by atoms with Crippen LogP contribution in [-0.2, 0) is 0 Å². The van der Waals surface area contributed by atoms with Gasteiger partial charge in [0.25, 0.3) is 5.56 Å². The standard InChI is InChI=1S/C19H23N5O/c1-12(2)14-6-7-16(13(3)10-14)24-11-15-17(22-24)20-19(21-18(15)25)23-8-4-5-9-23/h6-7,10-12H,4-5,8-9H2,1-3H3,(H,20,21,22,25). The Hall–Kier alpha value is -2.63. The first-order valence-electron chi connectivity index (χ1n) is 8.88. The number of H-pyrrole nitrogens is 1.